The van der Waals surface area contributed by atoms with E-state index in [0.29, 0.717) is 11.3 Å². The van der Waals surface area contributed by atoms with E-state index in [0.717, 1.165) is 5.56 Å². The van der Waals surface area contributed by atoms with Crippen LogP contribution in [0.3, 0.4) is 0 Å². The molecule has 47 valence electrons. The van der Waals surface area contributed by atoms with Gasteiger partial charge in [0.25, 0.3) is 6.20 Å². The summed E-state index contributed by atoms with van der Waals surface area (Å²) in [7, 11) is 0. The van der Waals surface area contributed by atoms with Gasteiger partial charge in [-0.25, -0.2) is 0 Å². The Bertz CT molecular complexity index is 200. The Kier molecular flexibility index (Phi) is 1.65. The SMILES string of the molecule is NCc1[c][n+]([O-])ccc1. The van der Waals surface area contributed by atoms with Crippen LogP contribution in [-0.2, 0) is 6.54 Å². The van der Waals surface area contributed by atoms with E-state index in [1.165, 1.54) is 6.20 Å². The average molecular weight is 123 g/mol. The molecule has 9 heavy (non-hydrogen) atoms. The second-order valence-electron chi connectivity index (χ2n) is 1.68. The van der Waals surface area contributed by atoms with Crippen molar-refractivity contribution in [3.63, 3.8) is 0 Å². The monoisotopic (exact) mass is 123 g/mol. The molecule has 0 aliphatic carbocycles. The predicted molar refractivity (Wildman–Crippen MR) is 32.1 cm³/mol. The molecule has 0 aromatic carbocycles. The Morgan fingerprint density at radius 3 is 3.00 bits per heavy atom. The summed E-state index contributed by atoms with van der Waals surface area (Å²) >= 11 is 0. The van der Waals surface area contributed by atoms with Gasteiger partial charge in [-0.05, 0) is 6.07 Å². The van der Waals surface area contributed by atoms with Gasteiger partial charge in [-0.3, -0.25) is 0 Å². The molecule has 0 atom stereocenters. The standard InChI is InChI=1S/C6H7N2O/c7-4-6-2-1-3-8(9)5-6/h1-3H,4,7H2. The molecule has 1 aromatic rings. The van der Waals surface area contributed by atoms with Gasteiger partial charge in [0.2, 0.25) is 0 Å². The Hall–Kier alpha value is -1.09. The van der Waals surface area contributed by atoms with Crippen LogP contribution in [0.2, 0.25) is 0 Å². The Morgan fingerprint density at radius 1 is 1.78 bits per heavy atom. The maximum atomic E-state index is 10.5. The molecule has 0 saturated heterocycles. The zero-order valence-electron chi connectivity index (χ0n) is 4.87. The van der Waals surface area contributed by atoms with Crippen LogP contribution in [0, 0.1) is 11.4 Å². The molecule has 1 radical (unpaired) electrons. The number of nitrogens with two attached hydrogens (primary N) is 1. The van der Waals surface area contributed by atoms with Crippen molar-refractivity contribution >= 4 is 0 Å². The minimum atomic E-state index is 0.364. The van der Waals surface area contributed by atoms with Crippen molar-refractivity contribution in [1.82, 2.24) is 0 Å². The van der Waals surface area contributed by atoms with Crippen molar-refractivity contribution < 1.29 is 4.73 Å². The lowest BCUT2D eigenvalue weighted by molar-refractivity contribution is -0.610. The molecule has 0 aliphatic heterocycles. The topological polar surface area (TPSA) is 53.0 Å². The van der Waals surface area contributed by atoms with Gasteiger partial charge < -0.3 is 10.9 Å². The summed E-state index contributed by atoms with van der Waals surface area (Å²) in [5.74, 6) is 0. The summed E-state index contributed by atoms with van der Waals surface area (Å²) in [5.41, 5.74) is 5.96. The molecular formula is C6H7N2O. The molecule has 0 unspecified atom stereocenters. The first-order chi connectivity index (χ1) is 4.33. The van der Waals surface area contributed by atoms with E-state index < -0.39 is 0 Å². The number of rotatable bonds is 1. The number of pyridine rings is 1. The van der Waals surface area contributed by atoms with Crippen LogP contribution in [0.25, 0.3) is 0 Å². The first-order valence-corrected chi connectivity index (χ1v) is 2.63. The molecule has 2 N–H and O–H groups in total. The molecule has 1 rings (SSSR count). The highest BCUT2D eigenvalue weighted by Crippen LogP contribution is 1.88. The number of hydrogen-bond acceptors (Lipinski definition) is 2. The van der Waals surface area contributed by atoms with E-state index in [4.69, 9.17) is 5.73 Å². The van der Waals surface area contributed by atoms with Gasteiger partial charge in [-0.2, -0.15) is 4.73 Å². The first kappa shape index (κ1) is 6.04. The highest BCUT2D eigenvalue weighted by Gasteiger charge is 1.93. The Morgan fingerprint density at radius 2 is 2.56 bits per heavy atom. The van der Waals surface area contributed by atoms with E-state index >= 15 is 0 Å². The van der Waals surface area contributed by atoms with Crippen molar-refractivity contribution in [2.75, 3.05) is 0 Å². The lowest BCUT2D eigenvalue weighted by Gasteiger charge is -1.93. The summed E-state index contributed by atoms with van der Waals surface area (Å²) < 4.78 is 0.613. The van der Waals surface area contributed by atoms with Gasteiger partial charge in [0.1, 0.15) is 0 Å². The molecule has 0 amide bonds. The van der Waals surface area contributed by atoms with E-state index in [1.807, 2.05) is 0 Å². The van der Waals surface area contributed by atoms with Gasteiger partial charge in [0.05, 0.1) is 0 Å². The quantitative estimate of drug-likeness (QED) is 0.407. The summed E-state index contributed by atoms with van der Waals surface area (Å²) in [6.45, 7) is 0.364. The maximum Gasteiger partial charge on any atom is 0.294 e. The molecule has 1 aromatic heterocycles. The fourth-order valence-corrected chi connectivity index (χ4v) is 0.567. The largest absolute Gasteiger partial charge is 0.618 e. The van der Waals surface area contributed by atoms with Gasteiger partial charge in [-0.1, -0.05) is 0 Å². The summed E-state index contributed by atoms with van der Waals surface area (Å²) in [4.78, 5) is 0. The van der Waals surface area contributed by atoms with Crippen LogP contribution in [0.4, 0.5) is 0 Å². The molecule has 0 aliphatic rings. The zero-order chi connectivity index (χ0) is 6.69. The minimum Gasteiger partial charge on any atom is -0.618 e. The van der Waals surface area contributed by atoms with E-state index in [2.05, 4.69) is 6.20 Å². The molecule has 0 spiro atoms. The molecule has 0 fully saturated rings. The number of nitrogens with zero attached hydrogens (tertiary/aromatic N) is 1. The van der Waals surface area contributed by atoms with Gasteiger partial charge in [0, 0.05) is 18.2 Å². The zero-order valence-corrected chi connectivity index (χ0v) is 4.87. The lowest BCUT2D eigenvalue weighted by atomic mass is 10.3. The fourth-order valence-electron chi connectivity index (χ4n) is 0.567. The predicted octanol–water partition coefficient (Wildman–Crippen LogP) is -0.421. The highest BCUT2D eigenvalue weighted by molar-refractivity contribution is 5.02. The lowest BCUT2D eigenvalue weighted by Crippen LogP contribution is -2.26. The van der Waals surface area contributed by atoms with Crippen LogP contribution >= 0.6 is 0 Å². The van der Waals surface area contributed by atoms with Crippen LogP contribution in [0.15, 0.2) is 18.3 Å². The van der Waals surface area contributed by atoms with Crippen LogP contribution in [-0.4, -0.2) is 0 Å². The summed E-state index contributed by atoms with van der Waals surface area (Å²) in [6, 6.07) is 3.40. The molecule has 0 bridgehead atoms. The summed E-state index contributed by atoms with van der Waals surface area (Å²) in [5, 5.41) is 10.5. The second kappa shape index (κ2) is 2.46. The number of hydrogen-bond donors (Lipinski definition) is 1. The molecule has 1 heterocycles. The third kappa shape index (κ3) is 1.40. The van der Waals surface area contributed by atoms with E-state index in [1.54, 1.807) is 12.1 Å². The minimum absolute atomic E-state index is 0.364. The number of aromatic nitrogens is 1. The fraction of sp³-hybridized carbons (Fsp3) is 0.167. The van der Waals surface area contributed by atoms with Crippen LogP contribution < -0.4 is 10.5 Å². The normalized spacial score (nSPS) is 9.44. The Balaban J connectivity index is 2.94. The van der Waals surface area contributed by atoms with Gasteiger partial charge >= 0.3 is 0 Å². The highest BCUT2D eigenvalue weighted by atomic mass is 16.5. The molecule has 3 nitrogen and oxygen atoms in total. The van der Waals surface area contributed by atoms with Crippen molar-refractivity contribution in [3.05, 3.63) is 35.3 Å². The van der Waals surface area contributed by atoms with Gasteiger partial charge in [-0.15, -0.1) is 0 Å². The van der Waals surface area contributed by atoms with Crippen molar-refractivity contribution in [3.8, 4) is 0 Å². The summed E-state index contributed by atoms with van der Waals surface area (Å²) in [6.07, 6.45) is 3.87. The Labute approximate surface area is 53.3 Å². The van der Waals surface area contributed by atoms with Crippen LogP contribution in [0.1, 0.15) is 5.56 Å². The maximum absolute atomic E-state index is 10.5. The van der Waals surface area contributed by atoms with E-state index in [9.17, 15) is 5.21 Å². The van der Waals surface area contributed by atoms with E-state index in [-0.39, 0.29) is 0 Å². The average Bonchev–Trinajstić information content (AvgIpc) is 1.88. The van der Waals surface area contributed by atoms with Crippen molar-refractivity contribution in [2.45, 2.75) is 6.54 Å². The molecule has 3 heteroatoms. The third-order valence-electron chi connectivity index (χ3n) is 0.993. The van der Waals surface area contributed by atoms with Crippen molar-refractivity contribution in [1.29, 1.82) is 0 Å². The second-order valence-corrected chi connectivity index (χ2v) is 1.68. The van der Waals surface area contributed by atoms with Gasteiger partial charge in [0.15, 0.2) is 6.20 Å². The molecular weight excluding hydrogens is 116 g/mol. The third-order valence-corrected chi connectivity index (χ3v) is 0.993. The molecule has 0 saturated carbocycles. The van der Waals surface area contributed by atoms with Crippen LogP contribution in [0.5, 0.6) is 0 Å². The first-order valence-electron chi connectivity index (χ1n) is 2.63. The van der Waals surface area contributed by atoms with Crippen molar-refractivity contribution in [2.24, 2.45) is 5.73 Å². The smallest absolute Gasteiger partial charge is 0.294 e.